The number of aliphatic hydroxyl groups excluding tert-OH is 1. The van der Waals surface area contributed by atoms with Crippen molar-refractivity contribution in [2.45, 2.75) is 56.1 Å². The SMILES string of the molecule is CC(C)c1nc(S(=O)(=O)NCC2(OCCO)CCCC2)cn1C. The van der Waals surface area contributed by atoms with Crippen molar-refractivity contribution in [2.24, 2.45) is 7.05 Å². The lowest BCUT2D eigenvalue weighted by Gasteiger charge is -2.29. The number of aromatic nitrogens is 2. The highest BCUT2D eigenvalue weighted by Gasteiger charge is 2.36. The van der Waals surface area contributed by atoms with Crippen molar-refractivity contribution in [1.82, 2.24) is 14.3 Å². The third kappa shape index (κ3) is 4.32. The van der Waals surface area contributed by atoms with E-state index in [2.05, 4.69) is 9.71 Å². The number of rotatable bonds is 8. The van der Waals surface area contributed by atoms with Crippen molar-refractivity contribution in [2.75, 3.05) is 19.8 Å². The maximum atomic E-state index is 12.5. The predicted molar refractivity (Wildman–Crippen MR) is 86.7 cm³/mol. The number of hydrogen-bond acceptors (Lipinski definition) is 5. The van der Waals surface area contributed by atoms with Gasteiger partial charge in [0.15, 0.2) is 5.03 Å². The minimum absolute atomic E-state index is 0.0407. The Bertz CT molecular complexity index is 619. The molecule has 1 aliphatic carbocycles. The van der Waals surface area contributed by atoms with Gasteiger partial charge in [-0.3, -0.25) is 0 Å². The zero-order valence-corrected chi connectivity index (χ0v) is 14.9. The summed E-state index contributed by atoms with van der Waals surface area (Å²) in [6.07, 6.45) is 5.15. The van der Waals surface area contributed by atoms with E-state index in [1.807, 2.05) is 13.8 Å². The largest absolute Gasteiger partial charge is 0.394 e. The molecule has 0 spiro atoms. The molecule has 0 aromatic carbocycles. The van der Waals surface area contributed by atoms with Crippen LogP contribution >= 0.6 is 0 Å². The van der Waals surface area contributed by atoms with Gasteiger partial charge in [0.2, 0.25) is 0 Å². The number of nitrogens with zero attached hydrogens (tertiary/aromatic N) is 2. The molecule has 1 fully saturated rings. The van der Waals surface area contributed by atoms with E-state index < -0.39 is 15.6 Å². The van der Waals surface area contributed by atoms with E-state index >= 15 is 0 Å². The molecule has 2 rings (SSSR count). The van der Waals surface area contributed by atoms with Crippen LogP contribution in [0.5, 0.6) is 0 Å². The Morgan fingerprint density at radius 1 is 1.43 bits per heavy atom. The number of aryl methyl sites for hydroxylation is 1. The Morgan fingerprint density at radius 3 is 2.61 bits per heavy atom. The summed E-state index contributed by atoms with van der Waals surface area (Å²) < 4.78 is 35.1. The molecule has 0 radical (unpaired) electrons. The van der Waals surface area contributed by atoms with Crippen LogP contribution in [-0.2, 0) is 21.8 Å². The van der Waals surface area contributed by atoms with E-state index in [1.54, 1.807) is 11.6 Å². The van der Waals surface area contributed by atoms with Gasteiger partial charge >= 0.3 is 0 Å². The van der Waals surface area contributed by atoms with Crippen molar-refractivity contribution in [3.05, 3.63) is 12.0 Å². The standard InChI is InChI=1S/C15H27N3O4S/c1-12(2)14-17-13(10-18(14)3)23(20,21)16-11-15(22-9-8-19)6-4-5-7-15/h10,12,16,19H,4-9,11H2,1-3H3. The maximum absolute atomic E-state index is 12.5. The first-order chi connectivity index (χ1) is 10.8. The Hall–Kier alpha value is -0.960. The highest BCUT2D eigenvalue weighted by atomic mass is 32.2. The molecule has 0 unspecified atom stereocenters. The lowest BCUT2D eigenvalue weighted by molar-refractivity contribution is -0.0492. The van der Waals surface area contributed by atoms with Crippen LogP contribution in [0.4, 0.5) is 0 Å². The summed E-state index contributed by atoms with van der Waals surface area (Å²) in [7, 11) is -1.87. The van der Waals surface area contributed by atoms with Gasteiger partial charge in [0.1, 0.15) is 5.82 Å². The molecule has 23 heavy (non-hydrogen) atoms. The highest BCUT2D eigenvalue weighted by molar-refractivity contribution is 7.89. The lowest BCUT2D eigenvalue weighted by atomic mass is 10.0. The number of sulfonamides is 1. The van der Waals surface area contributed by atoms with Gasteiger partial charge in [0, 0.05) is 25.7 Å². The summed E-state index contributed by atoms with van der Waals surface area (Å²) in [4.78, 5) is 4.24. The molecule has 0 bridgehead atoms. The van der Waals surface area contributed by atoms with E-state index in [-0.39, 0.29) is 30.7 Å². The maximum Gasteiger partial charge on any atom is 0.259 e. The van der Waals surface area contributed by atoms with Crippen LogP contribution in [-0.4, -0.2) is 48.4 Å². The van der Waals surface area contributed by atoms with E-state index in [1.165, 1.54) is 6.20 Å². The third-order valence-electron chi connectivity index (χ3n) is 4.28. The number of nitrogens with one attached hydrogen (secondary N) is 1. The van der Waals surface area contributed by atoms with E-state index in [4.69, 9.17) is 9.84 Å². The van der Waals surface area contributed by atoms with Crippen LogP contribution in [0.1, 0.15) is 51.3 Å². The Morgan fingerprint density at radius 2 is 2.09 bits per heavy atom. The summed E-state index contributed by atoms with van der Waals surface area (Å²) in [5.74, 6) is 0.885. The molecule has 2 N–H and O–H groups in total. The molecule has 1 aromatic heterocycles. The molecule has 0 amide bonds. The van der Waals surface area contributed by atoms with Crippen LogP contribution < -0.4 is 4.72 Å². The number of ether oxygens (including phenoxy) is 1. The molecule has 132 valence electrons. The minimum Gasteiger partial charge on any atom is -0.394 e. The smallest absolute Gasteiger partial charge is 0.259 e. The molecule has 1 aliphatic rings. The normalized spacial score (nSPS) is 18.0. The first kappa shape index (κ1) is 18.4. The van der Waals surface area contributed by atoms with Crippen molar-refractivity contribution < 1.29 is 18.3 Å². The van der Waals surface area contributed by atoms with Crippen LogP contribution in [0.25, 0.3) is 0 Å². The summed E-state index contributed by atoms with van der Waals surface area (Å²) >= 11 is 0. The summed E-state index contributed by atoms with van der Waals surface area (Å²) in [6.45, 7) is 4.32. The van der Waals surface area contributed by atoms with Crippen molar-refractivity contribution >= 4 is 10.0 Å². The monoisotopic (exact) mass is 345 g/mol. The van der Waals surface area contributed by atoms with Crippen LogP contribution in [0.15, 0.2) is 11.2 Å². The van der Waals surface area contributed by atoms with Crippen molar-refractivity contribution in [1.29, 1.82) is 0 Å². The van der Waals surface area contributed by atoms with Crippen LogP contribution in [0, 0.1) is 0 Å². The molecule has 0 atom stereocenters. The van der Waals surface area contributed by atoms with Crippen LogP contribution in [0.3, 0.4) is 0 Å². The van der Waals surface area contributed by atoms with Gasteiger partial charge in [-0.1, -0.05) is 26.7 Å². The Kier molecular flexibility index (Phi) is 5.83. The third-order valence-corrected chi connectivity index (χ3v) is 5.55. The molecular weight excluding hydrogens is 318 g/mol. The lowest BCUT2D eigenvalue weighted by Crippen LogP contribution is -2.43. The first-order valence-corrected chi connectivity index (χ1v) is 9.56. The highest BCUT2D eigenvalue weighted by Crippen LogP contribution is 2.33. The van der Waals surface area contributed by atoms with Gasteiger partial charge in [-0.2, -0.15) is 0 Å². The molecule has 8 heteroatoms. The van der Waals surface area contributed by atoms with E-state index in [9.17, 15) is 8.42 Å². The second kappa shape index (κ2) is 7.29. The summed E-state index contributed by atoms with van der Waals surface area (Å²) in [6, 6.07) is 0. The second-order valence-corrected chi connectivity index (χ2v) is 8.20. The summed E-state index contributed by atoms with van der Waals surface area (Å²) in [5.41, 5.74) is -0.508. The van der Waals surface area contributed by atoms with Gasteiger partial charge in [0.05, 0.1) is 18.8 Å². The number of imidazole rings is 1. The van der Waals surface area contributed by atoms with Gasteiger partial charge in [-0.15, -0.1) is 0 Å². The molecular formula is C15H27N3O4S. The zero-order chi connectivity index (χ0) is 17.1. The van der Waals surface area contributed by atoms with Crippen molar-refractivity contribution in [3.63, 3.8) is 0 Å². The molecule has 1 heterocycles. The van der Waals surface area contributed by atoms with E-state index in [0.29, 0.717) is 0 Å². The summed E-state index contributed by atoms with van der Waals surface area (Å²) in [5, 5.41) is 9.00. The van der Waals surface area contributed by atoms with Crippen molar-refractivity contribution in [3.8, 4) is 0 Å². The Balaban J connectivity index is 2.10. The fraction of sp³-hybridized carbons (Fsp3) is 0.800. The Labute approximate surface area is 138 Å². The first-order valence-electron chi connectivity index (χ1n) is 8.07. The average Bonchev–Trinajstić information content (AvgIpc) is 3.11. The average molecular weight is 345 g/mol. The fourth-order valence-electron chi connectivity index (χ4n) is 3.07. The van der Waals surface area contributed by atoms with Gasteiger partial charge < -0.3 is 14.4 Å². The molecule has 1 saturated carbocycles. The fourth-order valence-corrected chi connectivity index (χ4v) is 4.18. The van der Waals surface area contributed by atoms with Crippen LogP contribution in [0.2, 0.25) is 0 Å². The second-order valence-electron chi connectivity index (χ2n) is 6.49. The molecule has 0 aliphatic heterocycles. The molecule has 7 nitrogen and oxygen atoms in total. The van der Waals surface area contributed by atoms with Gasteiger partial charge in [-0.05, 0) is 12.8 Å². The predicted octanol–water partition coefficient (Wildman–Crippen LogP) is 1.14. The minimum atomic E-state index is -3.67. The van der Waals surface area contributed by atoms with Gasteiger partial charge in [-0.25, -0.2) is 18.1 Å². The zero-order valence-electron chi connectivity index (χ0n) is 14.1. The topological polar surface area (TPSA) is 93.5 Å². The number of hydrogen-bond donors (Lipinski definition) is 2. The van der Waals surface area contributed by atoms with E-state index in [0.717, 1.165) is 31.5 Å². The molecule has 1 aromatic rings. The molecule has 0 saturated heterocycles. The number of aliphatic hydroxyl groups is 1. The van der Waals surface area contributed by atoms with Gasteiger partial charge in [0.25, 0.3) is 10.0 Å². The quantitative estimate of drug-likeness (QED) is 0.737.